The molecule has 0 unspecified atom stereocenters. The second kappa shape index (κ2) is 8.81. The van der Waals surface area contributed by atoms with Gasteiger partial charge >= 0.3 is 0 Å². The minimum absolute atomic E-state index is 0.0503. The Hall–Kier alpha value is -4.33. The normalized spacial score (nSPS) is 11.2. The van der Waals surface area contributed by atoms with Gasteiger partial charge in [0.2, 0.25) is 5.88 Å². The van der Waals surface area contributed by atoms with Gasteiger partial charge in [0.1, 0.15) is 5.75 Å². The first-order chi connectivity index (χ1) is 15.5. The Morgan fingerprint density at radius 2 is 1.66 bits per heavy atom. The molecule has 2 N–H and O–H groups in total. The lowest BCUT2D eigenvalue weighted by atomic mass is 10.2. The van der Waals surface area contributed by atoms with Gasteiger partial charge in [-0.05, 0) is 48.0 Å². The van der Waals surface area contributed by atoms with E-state index in [0.717, 1.165) is 11.1 Å². The van der Waals surface area contributed by atoms with Crippen LogP contribution in [0.15, 0.2) is 77.0 Å². The van der Waals surface area contributed by atoms with Crippen LogP contribution in [0.5, 0.6) is 23.1 Å². The number of phenolic OH excluding ortho intramolecular Hbond substituents is 1. The Labute approximate surface area is 184 Å². The van der Waals surface area contributed by atoms with E-state index in [-0.39, 0.29) is 22.9 Å². The minimum atomic E-state index is -0.582. The van der Waals surface area contributed by atoms with Crippen LogP contribution in [0, 0.1) is 0 Å². The largest absolute Gasteiger partial charge is 0.508 e. The zero-order chi connectivity index (χ0) is 22.7. The summed E-state index contributed by atoms with van der Waals surface area (Å²) in [7, 11) is 3.13. The Kier molecular flexibility index (Phi) is 5.76. The third-order valence-corrected chi connectivity index (χ3v) is 5.06. The van der Waals surface area contributed by atoms with Crippen molar-refractivity contribution in [3.05, 3.63) is 77.9 Å². The number of aromatic nitrogens is 1. The fraction of sp³-hybridized carbons (Fsp3) is 0.125. The average Bonchev–Trinajstić information content (AvgIpc) is 3.08. The molecule has 0 fully saturated rings. The Morgan fingerprint density at radius 1 is 0.938 bits per heavy atom. The van der Waals surface area contributed by atoms with E-state index >= 15 is 0 Å². The van der Waals surface area contributed by atoms with Gasteiger partial charge in [0.05, 0.1) is 26.3 Å². The van der Waals surface area contributed by atoms with Crippen molar-refractivity contribution in [2.45, 2.75) is 6.54 Å². The lowest BCUT2D eigenvalue weighted by Crippen LogP contribution is -2.00. The number of methoxy groups -OCH3 is 2. The third kappa shape index (κ3) is 3.98. The fourth-order valence-electron chi connectivity index (χ4n) is 3.45. The van der Waals surface area contributed by atoms with Crippen LogP contribution in [-0.4, -0.2) is 34.9 Å². The van der Waals surface area contributed by atoms with Crippen molar-refractivity contribution >= 4 is 22.5 Å². The molecule has 1 aromatic heterocycles. The standard InChI is InChI=1S/C24H21N3O5/c1-31-20-12-7-15(13-21(20)32-2)14-27-19-6-4-3-5-18(19)22(24(27)30)25-26-23(29)16-8-10-17(28)11-9-16/h3-13,28,30H,14H2,1-2H3. The monoisotopic (exact) mass is 431 g/mol. The van der Waals surface area contributed by atoms with E-state index in [9.17, 15) is 15.0 Å². The quantitative estimate of drug-likeness (QED) is 0.416. The van der Waals surface area contributed by atoms with E-state index in [1.807, 2.05) is 30.3 Å². The number of fused-ring (bicyclic) bond motifs is 1. The molecule has 4 rings (SSSR count). The summed E-state index contributed by atoms with van der Waals surface area (Å²) < 4.78 is 12.3. The second-order valence-electron chi connectivity index (χ2n) is 7.02. The molecule has 0 saturated heterocycles. The number of hydrogen-bond donors (Lipinski definition) is 2. The van der Waals surface area contributed by atoms with Gasteiger partial charge < -0.3 is 24.3 Å². The maximum absolute atomic E-state index is 12.3. The molecule has 8 heteroatoms. The Morgan fingerprint density at radius 3 is 2.38 bits per heavy atom. The Balaban J connectivity index is 1.71. The first-order valence-corrected chi connectivity index (χ1v) is 9.78. The van der Waals surface area contributed by atoms with E-state index in [4.69, 9.17) is 9.47 Å². The third-order valence-electron chi connectivity index (χ3n) is 5.06. The van der Waals surface area contributed by atoms with Crippen LogP contribution >= 0.6 is 0 Å². The molecule has 4 aromatic rings. The smallest absolute Gasteiger partial charge is 0.295 e. The highest BCUT2D eigenvalue weighted by molar-refractivity contribution is 5.97. The molecule has 0 aliphatic heterocycles. The molecular formula is C24H21N3O5. The van der Waals surface area contributed by atoms with Crippen LogP contribution in [0.3, 0.4) is 0 Å². The number of para-hydroxylation sites is 1. The molecule has 1 heterocycles. The molecule has 1 amide bonds. The summed E-state index contributed by atoms with van der Waals surface area (Å²) in [5.74, 6) is 0.555. The van der Waals surface area contributed by atoms with Gasteiger partial charge in [-0.3, -0.25) is 4.79 Å². The van der Waals surface area contributed by atoms with E-state index in [0.29, 0.717) is 23.4 Å². The molecule has 0 aliphatic rings. The predicted octanol–water partition coefficient (Wildman–Crippen LogP) is 5.04. The number of azo groups is 1. The number of hydrogen-bond acceptors (Lipinski definition) is 6. The average molecular weight is 431 g/mol. The van der Waals surface area contributed by atoms with Gasteiger partial charge in [-0.25, -0.2) is 0 Å². The van der Waals surface area contributed by atoms with E-state index in [2.05, 4.69) is 10.2 Å². The summed E-state index contributed by atoms with van der Waals surface area (Å²) in [6, 6.07) is 18.6. The predicted molar refractivity (Wildman–Crippen MR) is 119 cm³/mol. The van der Waals surface area contributed by atoms with Crippen molar-refractivity contribution in [2.24, 2.45) is 10.2 Å². The van der Waals surface area contributed by atoms with Crippen molar-refractivity contribution in [1.82, 2.24) is 4.57 Å². The first kappa shape index (κ1) is 20.9. The fourth-order valence-corrected chi connectivity index (χ4v) is 3.45. The number of ether oxygens (including phenoxy) is 2. The molecule has 32 heavy (non-hydrogen) atoms. The number of aromatic hydroxyl groups is 2. The van der Waals surface area contributed by atoms with Crippen molar-refractivity contribution in [3.8, 4) is 23.1 Å². The number of carbonyl (C=O) groups is 1. The molecule has 0 spiro atoms. The lowest BCUT2D eigenvalue weighted by Gasteiger charge is -2.11. The molecule has 0 radical (unpaired) electrons. The van der Waals surface area contributed by atoms with Crippen LogP contribution in [0.4, 0.5) is 5.69 Å². The van der Waals surface area contributed by atoms with Crippen LogP contribution in [0.2, 0.25) is 0 Å². The van der Waals surface area contributed by atoms with Gasteiger partial charge in [-0.1, -0.05) is 24.3 Å². The van der Waals surface area contributed by atoms with Gasteiger partial charge in [-0.15, -0.1) is 10.2 Å². The van der Waals surface area contributed by atoms with Crippen molar-refractivity contribution < 1.29 is 24.5 Å². The van der Waals surface area contributed by atoms with E-state index in [1.165, 1.54) is 24.3 Å². The van der Waals surface area contributed by atoms with Crippen LogP contribution in [0.25, 0.3) is 10.9 Å². The number of phenols is 1. The molecule has 0 atom stereocenters. The topological polar surface area (TPSA) is 106 Å². The van der Waals surface area contributed by atoms with Crippen LogP contribution in [0.1, 0.15) is 15.9 Å². The number of nitrogens with zero attached hydrogens (tertiary/aromatic N) is 3. The molecule has 0 aliphatic carbocycles. The van der Waals surface area contributed by atoms with Crippen molar-refractivity contribution in [2.75, 3.05) is 14.2 Å². The summed E-state index contributed by atoms with van der Waals surface area (Å²) in [6.07, 6.45) is 0. The zero-order valence-corrected chi connectivity index (χ0v) is 17.5. The SMILES string of the molecule is COc1ccc(Cn2c(O)c(N=NC(=O)c3ccc(O)cc3)c3ccccc32)cc1OC. The number of rotatable bonds is 6. The van der Waals surface area contributed by atoms with Gasteiger partial charge in [0.25, 0.3) is 5.91 Å². The zero-order valence-electron chi connectivity index (χ0n) is 17.5. The molecular weight excluding hydrogens is 410 g/mol. The maximum Gasteiger partial charge on any atom is 0.295 e. The highest BCUT2D eigenvalue weighted by Gasteiger charge is 2.18. The van der Waals surface area contributed by atoms with Gasteiger partial charge in [0.15, 0.2) is 17.2 Å². The summed E-state index contributed by atoms with van der Waals surface area (Å²) in [4.78, 5) is 12.3. The Bertz CT molecular complexity index is 1310. The van der Waals surface area contributed by atoms with Gasteiger partial charge in [0, 0.05) is 10.9 Å². The summed E-state index contributed by atoms with van der Waals surface area (Å²) >= 11 is 0. The highest BCUT2D eigenvalue weighted by Crippen LogP contribution is 2.40. The van der Waals surface area contributed by atoms with E-state index in [1.54, 1.807) is 30.9 Å². The number of carbonyl (C=O) groups excluding carboxylic acids is 1. The molecule has 0 saturated carbocycles. The highest BCUT2D eigenvalue weighted by atomic mass is 16.5. The summed E-state index contributed by atoms with van der Waals surface area (Å²) in [5, 5.41) is 28.8. The van der Waals surface area contributed by atoms with Crippen LogP contribution < -0.4 is 9.47 Å². The van der Waals surface area contributed by atoms with Gasteiger partial charge in [-0.2, -0.15) is 0 Å². The molecule has 162 valence electrons. The number of benzene rings is 3. The second-order valence-corrected chi connectivity index (χ2v) is 7.02. The number of amides is 1. The molecule has 8 nitrogen and oxygen atoms in total. The summed E-state index contributed by atoms with van der Waals surface area (Å²) in [6.45, 7) is 0.341. The first-order valence-electron chi connectivity index (χ1n) is 9.78. The molecule has 3 aromatic carbocycles. The van der Waals surface area contributed by atoms with Crippen molar-refractivity contribution in [1.29, 1.82) is 0 Å². The lowest BCUT2D eigenvalue weighted by molar-refractivity contribution is 0.0995. The molecule has 0 bridgehead atoms. The summed E-state index contributed by atoms with van der Waals surface area (Å²) in [5.41, 5.74) is 2.10. The van der Waals surface area contributed by atoms with Crippen LogP contribution in [-0.2, 0) is 6.54 Å². The van der Waals surface area contributed by atoms with E-state index < -0.39 is 5.91 Å². The minimum Gasteiger partial charge on any atom is -0.508 e. The van der Waals surface area contributed by atoms with Crippen molar-refractivity contribution in [3.63, 3.8) is 0 Å². The maximum atomic E-state index is 12.3.